The van der Waals surface area contributed by atoms with E-state index in [0.717, 1.165) is 5.82 Å². The first-order chi connectivity index (χ1) is 6.40. The van der Waals surface area contributed by atoms with Crippen molar-refractivity contribution in [2.75, 3.05) is 7.05 Å². The van der Waals surface area contributed by atoms with Crippen molar-refractivity contribution in [3.63, 3.8) is 0 Å². The lowest BCUT2D eigenvalue weighted by Crippen LogP contribution is -2.05. The fourth-order valence-corrected chi connectivity index (χ4v) is 1.84. The molecule has 1 aliphatic carbocycles. The van der Waals surface area contributed by atoms with Crippen molar-refractivity contribution >= 4 is 0 Å². The number of hydrogen-bond acceptors (Lipinski definition) is 4. The van der Waals surface area contributed by atoms with Gasteiger partial charge in [0.05, 0.1) is 6.54 Å². The Labute approximate surface area is 77.7 Å². The largest absolute Gasteiger partial charge is 0.338 e. The monoisotopic (exact) mass is 181 g/mol. The van der Waals surface area contributed by atoms with Gasteiger partial charge in [0.15, 0.2) is 5.82 Å². The van der Waals surface area contributed by atoms with E-state index < -0.39 is 0 Å². The molecule has 0 aromatic carbocycles. The van der Waals surface area contributed by atoms with Gasteiger partial charge in [-0.2, -0.15) is 4.98 Å². The molecule has 2 rings (SSSR count). The molecule has 1 N–H and O–H groups in total. The van der Waals surface area contributed by atoms with Crippen LogP contribution >= 0.6 is 0 Å². The first-order valence-corrected chi connectivity index (χ1v) is 4.87. The third-order valence-electron chi connectivity index (χ3n) is 2.53. The standard InChI is InChI=1S/C9H15N3O/c1-10-6-8-11-9(12-13-8)7-4-2-3-5-7/h7,10H,2-6H2,1H3. The van der Waals surface area contributed by atoms with Gasteiger partial charge in [0, 0.05) is 5.92 Å². The van der Waals surface area contributed by atoms with Crippen LogP contribution in [0.4, 0.5) is 0 Å². The molecular weight excluding hydrogens is 166 g/mol. The van der Waals surface area contributed by atoms with Gasteiger partial charge in [-0.25, -0.2) is 0 Å². The lowest BCUT2D eigenvalue weighted by Gasteiger charge is -1.99. The van der Waals surface area contributed by atoms with Gasteiger partial charge in [0.25, 0.3) is 0 Å². The molecule has 0 aliphatic heterocycles. The smallest absolute Gasteiger partial charge is 0.240 e. The Bertz CT molecular complexity index is 266. The molecule has 1 aromatic rings. The lowest BCUT2D eigenvalue weighted by atomic mass is 10.1. The zero-order chi connectivity index (χ0) is 9.10. The second kappa shape index (κ2) is 3.87. The Morgan fingerprint density at radius 2 is 2.23 bits per heavy atom. The van der Waals surface area contributed by atoms with Crippen LogP contribution in [-0.2, 0) is 6.54 Å². The van der Waals surface area contributed by atoms with Crippen molar-refractivity contribution in [2.24, 2.45) is 0 Å². The fraction of sp³-hybridized carbons (Fsp3) is 0.778. The molecule has 4 nitrogen and oxygen atoms in total. The van der Waals surface area contributed by atoms with Gasteiger partial charge >= 0.3 is 0 Å². The topological polar surface area (TPSA) is 51.0 Å². The Morgan fingerprint density at radius 3 is 2.92 bits per heavy atom. The van der Waals surface area contributed by atoms with E-state index in [1.54, 1.807) is 0 Å². The number of rotatable bonds is 3. The molecule has 1 fully saturated rings. The van der Waals surface area contributed by atoms with Crippen molar-refractivity contribution in [2.45, 2.75) is 38.1 Å². The normalized spacial score (nSPS) is 18.2. The van der Waals surface area contributed by atoms with Crippen molar-refractivity contribution in [3.05, 3.63) is 11.7 Å². The molecule has 0 radical (unpaired) electrons. The maximum atomic E-state index is 5.09. The van der Waals surface area contributed by atoms with Crippen LogP contribution in [0.5, 0.6) is 0 Å². The summed E-state index contributed by atoms with van der Waals surface area (Å²) in [5.74, 6) is 2.15. The maximum Gasteiger partial charge on any atom is 0.240 e. The van der Waals surface area contributed by atoms with E-state index in [9.17, 15) is 0 Å². The molecular formula is C9H15N3O. The van der Waals surface area contributed by atoms with Crippen molar-refractivity contribution in [3.8, 4) is 0 Å². The first kappa shape index (κ1) is 8.69. The van der Waals surface area contributed by atoms with E-state index in [0.29, 0.717) is 18.4 Å². The summed E-state index contributed by atoms with van der Waals surface area (Å²) >= 11 is 0. The minimum atomic E-state index is 0.550. The zero-order valence-corrected chi connectivity index (χ0v) is 7.92. The average molecular weight is 181 g/mol. The van der Waals surface area contributed by atoms with Crippen LogP contribution in [0, 0.1) is 0 Å². The van der Waals surface area contributed by atoms with Gasteiger partial charge in [-0.05, 0) is 19.9 Å². The van der Waals surface area contributed by atoms with Crippen LogP contribution in [0.15, 0.2) is 4.52 Å². The van der Waals surface area contributed by atoms with Crippen molar-refractivity contribution in [1.82, 2.24) is 15.5 Å². The van der Waals surface area contributed by atoms with E-state index in [4.69, 9.17) is 4.52 Å². The highest BCUT2D eigenvalue weighted by Gasteiger charge is 2.21. The Morgan fingerprint density at radius 1 is 1.46 bits per heavy atom. The molecule has 13 heavy (non-hydrogen) atoms. The highest BCUT2D eigenvalue weighted by Crippen LogP contribution is 2.32. The van der Waals surface area contributed by atoms with Crippen LogP contribution < -0.4 is 5.32 Å². The minimum absolute atomic E-state index is 0.550. The van der Waals surface area contributed by atoms with E-state index in [1.807, 2.05) is 7.05 Å². The van der Waals surface area contributed by atoms with Crippen molar-refractivity contribution < 1.29 is 4.52 Å². The number of aromatic nitrogens is 2. The molecule has 72 valence electrons. The van der Waals surface area contributed by atoms with E-state index >= 15 is 0 Å². The quantitative estimate of drug-likeness (QED) is 0.766. The highest BCUT2D eigenvalue weighted by molar-refractivity contribution is 4.97. The second-order valence-corrected chi connectivity index (χ2v) is 3.56. The fourth-order valence-electron chi connectivity index (χ4n) is 1.84. The summed E-state index contributed by atoms with van der Waals surface area (Å²) in [5.41, 5.74) is 0. The SMILES string of the molecule is CNCc1nc(C2CCCC2)no1. The Balaban J connectivity index is 2.03. The van der Waals surface area contributed by atoms with Gasteiger partial charge in [-0.1, -0.05) is 18.0 Å². The summed E-state index contributed by atoms with van der Waals surface area (Å²) in [6.45, 7) is 0.666. The molecule has 0 saturated heterocycles. The molecule has 0 spiro atoms. The minimum Gasteiger partial charge on any atom is -0.338 e. The predicted octanol–water partition coefficient (Wildman–Crippen LogP) is 1.45. The molecule has 1 aromatic heterocycles. The van der Waals surface area contributed by atoms with Crippen LogP contribution in [0.1, 0.15) is 43.3 Å². The molecule has 1 saturated carbocycles. The lowest BCUT2D eigenvalue weighted by molar-refractivity contribution is 0.364. The number of hydrogen-bond donors (Lipinski definition) is 1. The summed E-state index contributed by atoms with van der Waals surface area (Å²) in [7, 11) is 1.87. The van der Waals surface area contributed by atoms with E-state index in [1.165, 1.54) is 25.7 Å². The molecule has 0 unspecified atom stereocenters. The number of nitrogens with one attached hydrogen (secondary N) is 1. The van der Waals surface area contributed by atoms with Crippen LogP contribution in [0.2, 0.25) is 0 Å². The van der Waals surface area contributed by atoms with Crippen molar-refractivity contribution in [1.29, 1.82) is 0 Å². The molecule has 0 bridgehead atoms. The van der Waals surface area contributed by atoms with Crippen LogP contribution in [0.25, 0.3) is 0 Å². The Kier molecular flexibility index (Phi) is 2.59. The first-order valence-electron chi connectivity index (χ1n) is 4.87. The molecule has 0 amide bonds. The highest BCUT2D eigenvalue weighted by atomic mass is 16.5. The summed E-state index contributed by atoms with van der Waals surface area (Å²) in [6.07, 6.45) is 5.05. The molecule has 1 aliphatic rings. The third-order valence-corrected chi connectivity index (χ3v) is 2.53. The van der Waals surface area contributed by atoms with Crippen LogP contribution in [0.3, 0.4) is 0 Å². The van der Waals surface area contributed by atoms with Gasteiger partial charge in [0.2, 0.25) is 5.89 Å². The van der Waals surface area contributed by atoms with Gasteiger partial charge < -0.3 is 9.84 Å². The molecule has 0 atom stereocenters. The third kappa shape index (κ3) is 1.88. The Hall–Kier alpha value is -0.900. The van der Waals surface area contributed by atoms with E-state index in [-0.39, 0.29) is 0 Å². The molecule has 1 heterocycles. The average Bonchev–Trinajstić information content (AvgIpc) is 2.70. The second-order valence-electron chi connectivity index (χ2n) is 3.56. The summed E-state index contributed by atoms with van der Waals surface area (Å²) in [6, 6.07) is 0. The predicted molar refractivity (Wildman–Crippen MR) is 48.3 cm³/mol. The summed E-state index contributed by atoms with van der Waals surface area (Å²) in [5, 5.41) is 6.98. The zero-order valence-electron chi connectivity index (χ0n) is 7.92. The summed E-state index contributed by atoms with van der Waals surface area (Å²) < 4.78 is 5.09. The van der Waals surface area contributed by atoms with Gasteiger partial charge in [-0.15, -0.1) is 0 Å². The van der Waals surface area contributed by atoms with Gasteiger partial charge in [-0.3, -0.25) is 0 Å². The maximum absolute atomic E-state index is 5.09. The van der Waals surface area contributed by atoms with E-state index in [2.05, 4.69) is 15.5 Å². The molecule has 4 heteroatoms. The van der Waals surface area contributed by atoms with Crippen LogP contribution in [-0.4, -0.2) is 17.2 Å². The summed E-state index contributed by atoms with van der Waals surface area (Å²) in [4.78, 5) is 4.34. The van der Waals surface area contributed by atoms with Gasteiger partial charge in [0.1, 0.15) is 0 Å². The number of nitrogens with zero attached hydrogens (tertiary/aromatic N) is 2.